The van der Waals surface area contributed by atoms with Crippen molar-refractivity contribution in [3.8, 4) is 28.3 Å². The fraction of sp³-hybridized carbons (Fsp3) is 0.346. The number of aryl methyl sites for hydroxylation is 2. The Balaban J connectivity index is 0.000000470. The van der Waals surface area contributed by atoms with Crippen LogP contribution in [0.2, 0.25) is 0 Å². The Morgan fingerprint density at radius 3 is 2.38 bits per heavy atom. The summed E-state index contributed by atoms with van der Waals surface area (Å²) in [5.41, 5.74) is 11.1. The van der Waals surface area contributed by atoms with Gasteiger partial charge in [-0.25, -0.2) is 14.8 Å². The van der Waals surface area contributed by atoms with Gasteiger partial charge in [0.05, 0.1) is 17.8 Å². The van der Waals surface area contributed by atoms with Gasteiger partial charge in [-0.1, -0.05) is 0 Å². The van der Waals surface area contributed by atoms with Crippen LogP contribution in [0.3, 0.4) is 0 Å². The van der Waals surface area contributed by atoms with Gasteiger partial charge in [-0.3, -0.25) is 9.48 Å². The molecule has 212 valence electrons. The molecular formula is C26H27F3N6O5. The number of nitrogen functional groups attached to an aromatic ring is 1. The maximum absolute atomic E-state index is 11.6. The molecule has 0 radical (unpaired) electrons. The first kappa shape index (κ1) is 28.4. The molecule has 1 aliphatic rings. The number of aliphatic carboxylic acids is 1. The second-order valence-corrected chi connectivity index (χ2v) is 9.44. The fourth-order valence-electron chi connectivity index (χ4n) is 4.42. The predicted octanol–water partition coefficient (Wildman–Crippen LogP) is 4.47. The summed E-state index contributed by atoms with van der Waals surface area (Å²) in [7, 11) is 0. The second kappa shape index (κ2) is 10.9. The van der Waals surface area contributed by atoms with Crippen LogP contribution in [0.25, 0.3) is 33.7 Å². The first-order valence-corrected chi connectivity index (χ1v) is 12.2. The Kier molecular flexibility index (Phi) is 7.71. The highest BCUT2D eigenvalue weighted by Gasteiger charge is 2.38. The highest BCUT2D eigenvalue weighted by atomic mass is 19.4. The van der Waals surface area contributed by atoms with Gasteiger partial charge in [0.2, 0.25) is 11.8 Å². The van der Waals surface area contributed by atoms with E-state index in [0.29, 0.717) is 33.9 Å². The average molecular weight is 561 g/mol. The molecule has 1 aliphatic heterocycles. The number of hydrogen-bond donors (Lipinski definition) is 3. The number of hydrogen-bond acceptors (Lipinski definition) is 8. The van der Waals surface area contributed by atoms with E-state index < -0.39 is 12.1 Å². The van der Waals surface area contributed by atoms with Crippen molar-refractivity contribution in [1.29, 1.82) is 0 Å². The van der Waals surface area contributed by atoms with Gasteiger partial charge >= 0.3 is 12.1 Å². The number of carboxylic acids is 1. The number of alkyl halides is 3. The Morgan fingerprint density at radius 1 is 1.12 bits per heavy atom. The molecule has 0 atom stereocenters. The number of phenolic OH excluding ortho intramolecular Hbond substituents is 1. The maximum atomic E-state index is 11.6. The van der Waals surface area contributed by atoms with Crippen molar-refractivity contribution >= 4 is 28.8 Å². The molecule has 0 aliphatic carbocycles. The van der Waals surface area contributed by atoms with Gasteiger partial charge in [-0.2, -0.15) is 18.3 Å². The smallest absolute Gasteiger partial charge is 0.490 e. The molecule has 11 nitrogen and oxygen atoms in total. The summed E-state index contributed by atoms with van der Waals surface area (Å²) in [5, 5.41) is 21.9. The molecule has 1 amide bonds. The van der Waals surface area contributed by atoms with Gasteiger partial charge in [0.25, 0.3) is 0 Å². The number of aromatic nitrogens is 4. The third kappa shape index (κ3) is 5.84. The molecule has 4 heterocycles. The molecule has 3 aromatic heterocycles. The van der Waals surface area contributed by atoms with Crippen LogP contribution < -0.4 is 5.73 Å². The zero-order chi connectivity index (χ0) is 29.4. The number of likely N-dealkylation sites (tertiary alicyclic amines) is 1. The monoisotopic (exact) mass is 560 g/mol. The number of piperidine rings is 1. The maximum Gasteiger partial charge on any atom is 0.490 e. The van der Waals surface area contributed by atoms with Crippen molar-refractivity contribution in [2.45, 2.75) is 45.8 Å². The number of oxazole rings is 1. The van der Waals surface area contributed by atoms with E-state index in [0.717, 1.165) is 42.6 Å². The van der Waals surface area contributed by atoms with Gasteiger partial charge in [0, 0.05) is 49.1 Å². The van der Waals surface area contributed by atoms with E-state index in [1.165, 1.54) is 0 Å². The van der Waals surface area contributed by atoms with Crippen molar-refractivity contribution in [3.63, 3.8) is 0 Å². The minimum atomic E-state index is -5.08. The molecule has 40 heavy (non-hydrogen) atoms. The number of amides is 1. The number of phenols is 1. The minimum absolute atomic E-state index is 0.120. The zero-order valence-corrected chi connectivity index (χ0v) is 21.9. The molecule has 4 N–H and O–H groups in total. The van der Waals surface area contributed by atoms with Gasteiger partial charge in [0.1, 0.15) is 17.1 Å². The van der Waals surface area contributed by atoms with Crippen molar-refractivity contribution < 1.29 is 37.4 Å². The van der Waals surface area contributed by atoms with Gasteiger partial charge < -0.3 is 25.3 Å². The van der Waals surface area contributed by atoms with E-state index in [1.807, 2.05) is 41.9 Å². The molecule has 1 aromatic carbocycles. The Bertz CT molecular complexity index is 1570. The summed E-state index contributed by atoms with van der Waals surface area (Å²) in [6.07, 6.45) is 2.19. The second-order valence-electron chi connectivity index (χ2n) is 9.44. The number of benzene rings is 1. The fourth-order valence-corrected chi connectivity index (χ4v) is 4.42. The molecular weight excluding hydrogens is 533 g/mol. The number of rotatable bonds is 3. The summed E-state index contributed by atoms with van der Waals surface area (Å²) in [5.74, 6) is -1.76. The molecule has 0 bridgehead atoms. The van der Waals surface area contributed by atoms with E-state index in [1.54, 1.807) is 19.2 Å². The van der Waals surface area contributed by atoms with Crippen molar-refractivity contribution in [2.24, 2.45) is 0 Å². The first-order chi connectivity index (χ1) is 18.8. The number of carboxylic acid groups (broad SMARTS) is 1. The minimum Gasteiger partial charge on any atom is -0.507 e. The molecule has 4 aromatic rings. The number of carbonyl (C=O) groups is 2. The number of nitrogens with zero attached hydrogens (tertiary/aromatic N) is 5. The van der Waals surface area contributed by atoms with Crippen LogP contribution in [-0.4, -0.2) is 66.0 Å². The Labute approximate surface area is 226 Å². The predicted molar refractivity (Wildman–Crippen MR) is 138 cm³/mol. The van der Waals surface area contributed by atoms with Crippen molar-refractivity contribution in [3.05, 3.63) is 41.9 Å². The molecule has 14 heteroatoms. The number of nitrogens with two attached hydrogens (primary N) is 1. The van der Waals surface area contributed by atoms with Crippen molar-refractivity contribution in [1.82, 2.24) is 24.6 Å². The van der Waals surface area contributed by atoms with Crippen LogP contribution >= 0.6 is 0 Å². The summed E-state index contributed by atoms with van der Waals surface area (Å²) in [6.45, 7) is 6.73. The van der Waals surface area contributed by atoms with E-state index in [2.05, 4.69) is 15.1 Å². The van der Waals surface area contributed by atoms with Crippen LogP contribution in [0.15, 0.2) is 35.1 Å². The largest absolute Gasteiger partial charge is 0.507 e. The number of carbonyl (C=O) groups excluding carboxylic acids is 1. The normalized spacial score (nSPS) is 14.2. The number of aromatic hydroxyl groups is 1. The van der Waals surface area contributed by atoms with Crippen LogP contribution in [-0.2, 0) is 9.59 Å². The summed E-state index contributed by atoms with van der Waals surface area (Å²) >= 11 is 0. The number of pyridine rings is 1. The summed E-state index contributed by atoms with van der Waals surface area (Å²) in [6, 6.07) is 3.92. The number of fused-ring (bicyclic) bond motifs is 1. The zero-order valence-electron chi connectivity index (χ0n) is 21.9. The molecule has 0 spiro atoms. The lowest BCUT2D eigenvalue weighted by molar-refractivity contribution is -0.192. The summed E-state index contributed by atoms with van der Waals surface area (Å²) < 4.78 is 39.7. The van der Waals surface area contributed by atoms with Crippen LogP contribution in [0.1, 0.15) is 36.9 Å². The van der Waals surface area contributed by atoms with Gasteiger partial charge in [-0.15, -0.1) is 0 Å². The van der Waals surface area contributed by atoms with Crippen LogP contribution in [0.4, 0.5) is 19.0 Å². The van der Waals surface area contributed by atoms with Crippen LogP contribution in [0.5, 0.6) is 5.75 Å². The molecule has 5 rings (SSSR count). The molecule has 1 saturated heterocycles. The third-order valence-electron chi connectivity index (χ3n) is 6.70. The van der Waals surface area contributed by atoms with Crippen LogP contribution in [0, 0.1) is 13.8 Å². The first-order valence-electron chi connectivity index (χ1n) is 12.2. The highest BCUT2D eigenvalue weighted by molar-refractivity contribution is 5.85. The highest BCUT2D eigenvalue weighted by Crippen LogP contribution is 2.35. The quantitative estimate of drug-likeness (QED) is 0.328. The third-order valence-corrected chi connectivity index (χ3v) is 6.70. The Morgan fingerprint density at radius 2 is 1.77 bits per heavy atom. The molecule has 0 saturated carbocycles. The lowest BCUT2D eigenvalue weighted by Gasteiger charge is -2.31. The lowest BCUT2D eigenvalue weighted by atomic mass is 10.1. The van der Waals surface area contributed by atoms with Crippen molar-refractivity contribution in [2.75, 3.05) is 18.8 Å². The van der Waals surface area contributed by atoms with Gasteiger partial charge in [0.15, 0.2) is 5.58 Å². The molecule has 1 fully saturated rings. The standard InChI is InChI=1S/C24H26N6O3.C2HF3O2/c1-13-8-20-21(14(2)22(13)32)28-24(33-20)19-9-16(10-26-23(19)25)17-11-27-30(12-17)18-4-6-29(7-5-18)15(3)31;3-2(4,5)1(6)7/h8-12,18,32H,4-7H2,1-3H3,(H2,25,26);(H,6,7). The number of halogens is 3. The number of anilines is 1. The van der Waals surface area contributed by atoms with Gasteiger partial charge in [-0.05, 0) is 44.4 Å². The summed E-state index contributed by atoms with van der Waals surface area (Å²) in [4.78, 5) is 31.3. The van der Waals surface area contributed by atoms with E-state index in [4.69, 9.17) is 20.1 Å². The van der Waals surface area contributed by atoms with E-state index in [9.17, 15) is 23.1 Å². The Hall–Kier alpha value is -4.62. The topological polar surface area (TPSA) is 161 Å². The van der Waals surface area contributed by atoms with E-state index in [-0.39, 0.29) is 17.7 Å². The molecule has 0 unspecified atom stereocenters. The van der Waals surface area contributed by atoms with E-state index >= 15 is 0 Å². The lowest BCUT2D eigenvalue weighted by Crippen LogP contribution is -2.37. The average Bonchev–Trinajstić information content (AvgIpc) is 3.56. The SMILES string of the molecule is CC(=O)N1CCC(n2cc(-c3cnc(N)c(-c4nc5c(C)c(O)c(C)cc5o4)c3)cn2)CC1.O=C(O)C(F)(F)F.